The number of carbonyl (C=O) groups is 1. The van der Waals surface area contributed by atoms with Crippen LogP contribution in [0, 0.1) is 28.1 Å². The van der Waals surface area contributed by atoms with Crippen molar-refractivity contribution < 1.29 is 13.2 Å². The van der Waals surface area contributed by atoms with Gasteiger partial charge in [0.25, 0.3) is 0 Å². The maximum absolute atomic E-state index is 12.6. The molecule has 2 bridgehead atoms. The zero-order valence-electron chi connectivity index (χ0n) is 13.3. The van der Waals surface area contributed by atoms with Gasteiger partial charge in [0.05, 0.1) is 22.8 Å². The van der Waals surface area contributed by atoms with E-state index in [4.69, 9.17) is 5.26 Å². The zero-order valence-corrected chi connectivity index (χ0v) is 14.1. The quantitative estimate of drug-likeness (QED) is 0.918. The number of fused-ring (bicyclic) bond motifs is 2. The topological polar surface area (TPSA) is 87.0 Å². The number of nitrogens with zero attached hydrogens (tertiary/aromatic N) is 1. The van der Waals surface area contributed by atoms with E-state index in [2.05, 4.69) is 4.72 Å². The van der Waals surface area contributed by atoms with Crippen molar-refractivity contribution in [1.82, 2.24) is 0 Å². The molecule has 0 amide bonds. The number of nitrogens with one attached hydrogen (secondary N) is 1. The Morgan fingerprint density at radius 1 is 1.39 bits per heavy atom. The van der Waals surface area contributed by atoms with Gasteiger partial charge >= 0.3 is 0 Å². The average molecular weight is 332 g/mol. The van der Waals surface area contributed by atoms with Gasteiger partial charge in [-0.05, 0) is 42.4 Å². The molecule has 0 unspecified atom stereocenters. The van der Waals surface area contributed by atoms with E-state index in [-0.39, 0.29) is 22.9 Å². The summed E-state index contributed by atoms with van der Waals surface area (Å²) >= 11 is 0. The molecule has 1 N–H and O–H groups in total. The third-order valence-corrected chi connectivity index (χ3v) is 7.26. The van der Waals surface area contributed by atoms with Crippen LogP contribution >= 0.6 is 0 Å². The summed E-state index contributed by atoms with van der Waals surface area (Å²) in [5.74, 6) is 0.182. The van der Waals surface area contributed by atoms with Gasteiger partial charge in [0.15, 0.2) is 0 Å². The van der Waals surface area contributed by atoms with Crippen molar-refractivity contribution in [2.75, 3.05) is 10.5 Å². The van der Waals surface area contributed by atoms with Gasteiger partial charge in [-0.1, -0.05) is 19.9 Å². The number of nitriles is 1. The number of benzene rings is 1. The fraction of sp³-hybridized carbons (Fsp3) is 0.529. The second-order valence-corrected chi connectivity index (χ2v) is 8.94. The molecule has 0 saturated heterocycles. The summed E-state index contributed by atoms with van der Waals surface area (Å²) in [7, 11) is -3.67. The van der Waals surface area contributed by atoms with Crippen LogP contribution in [-0.4, -0.2) is 20.0 Å². The monoisotopic (exact) mass is 332 g/mol. The van der Waals surface area contributed by atoms with Crippen molar-refractivity contribution in [2.24, 2.45) is 16.7 Å². The Morgan fingerprint density at radius 2 is 2.13 bits per heavy atom. The molecule has 2 aliphatic carbocycles. The highest BCUT2D eigenvalue weighted by atomic mass is 32.2. The molecule has 1 aromatic carbocycles. The number of anilines is 1. The Kier molecular flexibility index (Phi) is 3.53. The number of Topliss-reactive ketones (excluding diaryl/α,β-unsaturated/α-hetero) is 1. The lowest BCUT2D eigenvalue weighted by atomic mass is 9.70. The van der Waals surface area contributed by atoms with Crippen LogP contribution in [0.15, 0.2) is 24.3 Å². The Labute approximate surface area is 136 Å². The molecule has 5 nitrogen and oxygen atoms in total. The second-order valence-electron chi connectivity index (χ2n) is 7.22. The summed E-state index contributed by atoms with van der Waals surface area (Å²) < 4.78 is 27.8. The lowest BCUT2D eigenvalue weighted by molar-refractivity contribution is -0.128. The summed E-state index contributed by atoms with van der Waals surface area (Å²) in [5.41, 5.74) is -0.316. The van der Waals surface area contributed by atoms with Crippen molar-refractivity contribution in [3.05, 3.63) is 29.8 Å². The fourth-order valence-corrected chi connectivity index (χ4v) is 6.18. The number of hydrogen-bond donors (Lipinski definition) is 1. The highest BCUT2D eigenvalue weighted by Gasteiger charge is 2.65. The number of hydrogen-bond acceptors (Lipinski definition) is 4. The van der Waals surface area contributed by atoms with Crippen molar-refractivity contribution in [2.45, 2.75) is 33.1 Å². The minimum Gasteiger partial charge on any atom is -0.299 e. The van der Waals surface area contributed by atoms with Crippen LogP contribution < -0.4 is 4.72 Å². The highest BCUT2D eigenvalue weighted by molar-refractivity contribution is 7.92. The largest absolute Gasteiger partial charge is 0.299 e. The Balaban J connectivity index is 1.87. The number of rotatable bonds is 4. The first kappa shape index (κ1) is 16.0. The third kappa shape index (κ3) is 2.43. The van der Waals surface area contributed by atoms with Gasteiger partial charge in [0.1, 0.15) is 5.78 Å². The standard InChI is InChI=1S/C17H20N2O3S/c1-16(2)13-6-7-17(16,15(20)9-13)11-23(21,22)19-14-5-3-4-12(8-14)10-18/h3-5,8,13,19H,6-7,9,11H2,1-2H3/t13-,17+/m0/s1. The Morgan fingerprint density at radius 3 is 2.70 bits per heavy atom. The van der Waals surface area contributed by atoms with Gasteiger partial charge in [-0.25, -0.2) is 8.42 Å². The summed E-state index contributed by atoms with van der Waals surface area (Å²) in [6.45, 7) is 4.03. The molecule has 2 saturated carbocycles. The first-order chi connectivity index (χ1) is 10.7. The fourth-order valence-electron chi connectivity index (χ4n) is 4.30. The van der Waals surface area contributed by atoms with Gasteiger partial charge in [-0.2, -0.15) is 5.26 Å². The van der Waals surface area contributed by atoms with E-state index >= 15 is 0 Å². The van der Waals surface area contributed by atoms with Crippen molar-refractivity contribution >= 4 is 21.5 Å². The zero-order chi connectivity index (χ0) is 16.9. The summed E-state index contributed by atoms with van der Waals surface area (Å²) in [5, 5.41) is 8.91. The van der Waals surface area contributed by atoms with Crippen LogP contribution in [0.2, 0.25) is 0 Å². The van der Waals surface area contributed by atoms with Crippen LogP contribution in [0.4, 0.5) is 5.69 Å². The second kappa shape index (κ2) is 5.07. The van der Waals surface area contributed by atoms with Gasteiger partial charge in [-0.3, -0.25) is 9.52 Å². The van der Waals surface area contributed by atoms with Crippen LogP contribution in [0.25, 0.3) is 0 Å². The summed E-state index contributed by atoms with van der Waals surface area (Å²) in [4.78, 5) is 12.5. The molecule has 2 aliphatic rings. The summed E-state index contributed by atoms with van der Waals surface area (Å²) in [6, 6.07) is 8.33. The number of sulfonamides is 1. The first-order valence-electron chi connectivity index (χ1n) is 7.74. The van der Waals surface area contributed by atoms with Crippen molar-refractivity contribution in [3.63, 3.8) is 0 Å². The summed E-state index contributed by atoms with van der Waals surface area (Å²) in [6.07, 6.45) is 2.05. The molecule has 0 radical (unpaired) electrons. The maximum atomic E-state index is 12.6. The Bertz CT molecular complexity index is 807. The SMILES string of the molecule is CC1(C)[C@H]2CC[C@@]1(CS(=O)(=O)Nc1cccc(C#N)c1)C(=O)C2. The molecule has 0 aromatic heterocycles. The molecule has 6 heteroatoms. The van der Waals surface area contributed by atoms with Crippen LogP contribution in [-0.2, 0) is 14.8 Å². The van der Waals surface area contributed by atoms with E-state index in [0.29, 0.717) is 24.1 Å². The van der Waals surface area contributed by atoms with E-state index in [9.17, 15) is 13.2 Å². The lowest BCUT2D eigenvalue weighted by Gasteiger charge is -2.36. The van der Waals surface area contributed by atoms with Crippen molar-refractivity contribution in [3.8, 4) is 6.07 Å². The number of ketones is 1. The normalized spacial score (nSPS) is 28.6. The van der Waals surface area contributed by atoms with Crippen LogP contribution in [0.5, 0.6) is 0 Å². The first-order valence-corrected chi connectivity index (χ1v) is 9.39. The molecule has 2 fully saturated rings. The smallest absolute Gasteiger partial charge is 0.233 e. The van der Waals surface area contributed by atoms with Gasteiger partial charge < -0.3 is 0 Å². The van der Waals surface area contributed by atoms with Crippen molar-refractivity contribution in [1.29, 1.82) is 5.26 Å². The third-order valence-electron chi connectivity index (χ3n) is 5.84. The average Bonchev–Trinajstić information content (AvgIpc) is 2.80. The molecular formula is C17H20N2O3S. The van der Waals surface area contributed by atoms with E-state index in [1.165, 1.54) is 6.07 Å². The molecule has 0 heterocycles. The minimum atomic E-state index is -3.67. The number of carbonyl (C=O) groups excluding carboxylic acids is 1. The molecule has 1 aromatic rings. The van der Waals surface area contributed by atoms with Gasteiger partial charge in [0, 0.05) is 12.1 Å². The molecular weight excluding hydrogens is 312 g/mol. The lowest BCUT2D eigenvalue weighted by Crippen LogP contribution is -2.43. The van der Waals surface area contributed by atoms with E-state index < -0.39 is 15.4 Å². The Hall–Kier alpha value is -1.87. The van der Waals surface area contributed by atoms with Gasteiger partial charge in [-0.15, -0.1) is 0 Å². The molecule has 2 atom stereocenters. The molecule has 0 spiro atoms. The molecule has 3 rings (SSSR count). The molecule has 122 valence electrons. The predicted molar refractivity (Wildman–Crippen MR) is 87.1 cm³/mol. The molecule has 23 heavy (non-hydrogen) atoms. The van der Waals surface area contributed by atoms with E-state index in [1.54, 1.807) is 18.2 Å². The van der Waals surface area contributed by atoms with E-state index in [0.717, 1.165) is 6.42 Å². The molecule has 0 aliphatic heterocycles. The van der Waals surface area contributed by atoms with Crippen LogP contribution in [0.1, 0.15) is 38.7 Å². The minimum absolute atomic E-state index is 0.0786. The predicted octanol–water partition coefficient (Wildman–Crippen LogP) is 2.70. The van der Waals surface area contributed by atoms with Gasteiger partial charge in [0.2, 0.25) is 10.0 Å². The highest BCUT2D eigenvalue weighted by Crippen LogP contribution is 2.64. The van der Waals surface area contributed by atoms with Crippen LogP contribution in [0.3, 0.4) is 0 Å². The maximum Gasteiger partial charge on any atom is 0.233 e. The van der Waals surface area contributed by atoms with E-state index in [1.807, 2.05) is 19.9 Å².